The van der Waals surface area contributed by atoms with E-state index in [9.17, 15) is 14.7 Å². The first-order valence-corrected chi connectivity index (χ1v) is 9.90. The zero-order chi connectivity index (χ0) is 21.0. The summed E-state index contributed by atoms with van der Waals surface area (Å²) in [6, 6.07) is 12.8. The number of urea groups is 1. The van der Waals surface area contributed by atoms with Crippen LogP contribution in [0, 0.1) is 20.8 Å². The first-order chi connectivity index (χ1) is 13.9. The van der Waals surface area contributed by atoms with Gasteiger partial charge in [-0.25, -0.2) is 4.79 Å². The molecular weight excluding hydrogens is 368 g/mol. The summed E-state index contributed by atoms with van der Waals surface area (Å²) in [7, 11) is 0. The van der Waals surface area contributed by atoms with Crippen molar-refractivity contribution in [2.45, 2.75) is 45.8 Å². The number of nitrogens with one attached hydrogen (secondary N) is 1. The number of nitrogens with zero attached hydrogens (tertiary/aromatic N) is 1. The van der Waals surface area contributed by atoms with E-state index in [1.807, 2.05) is 63.2 Å². The van der Waals surface area contributed by atoms with E-state index < -0.39 is 18.2 Å². The third kappa shape index (κ3) is 4.95. The molecule has 2 aromatic carbocycles. The Morgan fingerprint density at radius 2 is 1.76 bits per heavy atom. The second-order valence-electron chi connectivity index (χ2n) is 7.59. The molecule has 2 aromatic rings. The first kappa shape index (κ1) is 20.9. The summed E-state index contributed by atoms with van der Waals surface area (Å²) in [4.78, 5) is 25.9. The zero-order valence-corrected chi connectivity index (χ0v) is 17.1. The summed E-state index contributed by atoms with van der Waals surface area (Å²) in [5.74, 6) is 0.440. The third-order valence-electron chi connectivity index (χ3n) is 5.36. The highest BCUT2D eigenvalue weighted by molar-refractivity contribution is 6.04. The monoisotopic (exact) mass is 396 g/mol. The fourth-order valence-electron chi connectivity index (χ4n) is 3.49. The number of carbonyl (C=O) groups excluding carboxylic acids is 2. The molecule has 1 aliphatic heterocycles. The van der Waals surface area contributed by atoms with Crippen LogP contribution in [0.2, 0.25) is 0 Å². The van der Waals surface area contributed by atoms with Crippen LogP contribution in [-0.2, 0) is 11.2 Å². The first-order valence-electron chi connectivity index (χ1n) is 9.90. The number of aryl methyl sites for hydroxylation is 3. The maximum absolute atomic E-state index is 12.6. The van der Waals surface area contributed by atoms with Crippen molar-refractivity contribution in [3.05, 3.63) is 64.7 Å². The summed E-state index contributed by atoms with van der Waals surface area (Å²) in [5, 5.41) is 13.1. The molecule has 0 radical (unpaired) electrons. The predicted molar refractivity (Wildman–Crippen MR) is 111 cm³/mol. The Labute approximate surface area is 171 Å². The lowest BCUT2D eigenvalue weighted by molar-refractivity contribution is -0.128. The molecule has 29 heavy (non-hydrogen) atoms. The molecule has 0 saturated carbocycles. The second-order valence-corrected chi connectivity index (χ2v) is 7.59. The highest BCUT2D eigenvalue weighted by Gasteiger charge is 2.38. The van der Waals surface area contributed by atoms with Gasteiger partial charge in [-0.3, -0.25) is 9.69 Å². The van der Waals surface area contributed by atoms with Gasteiger partial charge in [-0.05, 0) is 55.9 Å². The number of hydrogen-bond donors (Lipinski definition) is 2. The Hall–Kier alpha value is -2.86. The Balaban J connectivity index is 1.53. The lowest BCUT2D eigenvalue weighted by atomic mass is 10.1. The van der Waals surface area contributed by atoms with Crippen LogP contribution in [0.25, 0.3) is 0 Å². The summed E-state index contributed by atoms with van der Waals surface area (Å²) in [5.41, 5.74) is 4.23. The van der Waals surface area contributed by atoms with E-state index in [4.69, 9.17) is 4.74 Å². The molecule has 2 unspecified atom stereocenters. The lowest BCUT2D eigenvalue weighted by Gasteiger charge is -2.20. The molecule has 2 atom stereocenters. The van der Waals surface area contributed by atoms with Crippen LogP contribution in [-0.4, -0.2) is 47.2 Å². The molecule has 6 heteroatoms. The zero-order valence-electron chi connectivity index (χ0n) is 17.1. The van der Waals surface area contributed by atoms with Crippen molar-refractivity contribution >= 4 is 11.9 Å². The van der Waals surface area contributed by atoms with Gasteiger partial charge in [0.2, 0.25) is 0 Å². The molecule has 1 fully saturated rings. The van der Waals surface area contributed by atoms with E-state index in [-0.39, 0.29) is 19.1 Å². The third-order valence-corrected chi connectivity index (χ3v) is 5.36. The van der Waals surface area contributed by atoms with E-state index in [0.29, 0.717) is 12.8 Å². The fraction of sp³-hybridized carbons (Fsp3) is 0.391. The quantitative estimate of drug-likeness (QED) is 0.673. The van der Waals surface area contributed by atoms with E-state index in [0.717, 1.165) is 32.9 Å². The standard InChI is InChI=1S/C23H28N2O4/c1-15-9-10-16(2)21(17(15)3)29-14-19(26)13-25-22(27)20(24-23(25)28)12-11-18-7-5-4-6-8-18/h4-10,19-20,26H,11-14H2,1-3H3,(H,24,28). The van der Waals surface area contributed by atoms with Gasteiger partial charge in [-0.15, -0.1) is 0 Å². The average molecular weight is 396 g/mol. The molecule has 3 rings (SSSR count). The molecule has 0 spiro atoms. The van der Waals surface area contributed by atoms with E-state index in [2.05, 4.69) is 5.32 Å². The minimum atomic E-state index is -0.961. The van der Waals surface area contributed by atoms with Gasteiger partial charge >= 0.3 is 6.03 Å². The van der Waals surface area contributed by atoms with Crippen molar-refractivity contribution in [1.82, 2.24) is 10.2 Å². The number of aliphatic hydroxyl groups excluding tert-OH is 1. The van der Waals surface area contributed by atoms with Gasteiger partial charge < -0.3 is 15.2 Å². The Kier molecular flexibility index (Phi) is 6.54. The van der Waals surface area contributed by atoms with E-state index in [1.54, 1.807) is 0 Å². The molecule has 2 N–H and O–H groups in total. The van der Waals surface area contributed by atoms with Crippen LogP contribution in [0.3, 0.4) is 0 Å². The molecule has 154 valence electrons. The topological polar surface area (TPSA) is 78.9 Å². The SMILES string of the molecule is Cc1ccc(C)c(OCC(O)CN2C(=O)NC(CCc3ccccc3)C2=O)c1C. The van der Waals surface area contributed by atoms with Gasteiger partial charge in [0.1, 0.15) is 24.5 Å². The number of amides is 3. The van der Waals surface area contributed by atoms with Crippen LogP contribution in [0.5, 0.6) is 5.75 Å². The molecule has 0 aromatic heterocycles. The normalized spacial score (nSPS) is 17.4. The summed E-state index contributed by atoms with van der Waals surface area (Å²) in [6.45, 7) is 5.84. The van der Waals surface area contributed by atoms with Crippen molar-refractivity contribution in [1.29, 1.82) is 0 Å². The number of β-amino-alcohol motifs (C(OH)–C–C–N with tert-alkyl or cyclic N) is 1. The molecule has 3 amide bonds. The van der Waals surface area contributed by atoms with Gasteiger partial charge in [0.05, 0.1) is 6.54 Å². The van der Waals surface area contributed by atoms with Gasteiger partial charge in [0, 0.05) is 0 Å². The highest BCUT2D eigenvalue weighted by Crippen LogP contribution is 2.26. The molecule has 1 heterocycles. The maximum Gasteiger partial charge on any atom is 0.324 e. The van der Waals surface area contributed by atoms with Gasteiger partial charge in [-0.1, -0.05) is 42.5 Å². The molecule has 0 bridgehead atoms. The summed E-state index contributed by atoms with van der Waals surface area (Å²) in [6.07, 6.45) is 0.263. The van der Waals surface area contributed by atoms with Crippen molar-refractivity contribution in [2.24, 2.45) is 0 Å². The number of ether oxygens (including phenoxy) is 1. The van der Waals surface area contributed by atoms with Crippen LogP contribution < -0.4 is 10.1 Å². The fourth-order valence-corrected chi connectivity index (χ4v) is 3.49. The Morgan fingerprint density at radius 1 is 1.07 bits per heavy atom. The van der Waals surface area contributed by atoms with Crippen molar-refractivity contribution in [2.75, 3.05) is 13.2 Å². The van der Waals surface area contributed by atoms with Crippen molar-refractivity contribution in [3.8, 4) is 5.75 Å². The van der Waals surface area contributed by atoms with Gasteiger partial charge in [-0.2, -0.15) is 0 Å². The van der Waals surface area contributed by atoms with Crippen molar-refractivity contribution in [3.63, 3.8) is 0 Å². The highest BCUT2D eigenvalue weighted by atomic mass is 16.5. The molecule has 1 aliphatic rings. The van der Waals surface area contributed by atoms with Crippen LogP contribution >= 0.6 is 0 Å². The van der Waals surface area contributed by atoms with E-state index >= 15 is 0 Å². The minimum Gasteiger partial charge on any atom is -0.490 e. The smallest absolute Gasteiger partial charge is 0.324 e. The number of benzene rings is 2. The summed E-state index contributed by atoms with van der Waals surface area (Å²) < 4.78 is 5.80. The largest absolute Gasteiger partial charge is 0.490 e. The van der Waals surface area contributed by atoms with Gasteiger partial charge in [0.15, 0.2) is 0 Å². The number of hydrogen-bond acceptors (Lipinski definition) is 4. The van der Waals surface area contributed by atoms with Crippen LogP contribution in [0.15, 0.2) is 42.5 Å². The Morgan fingerprint density at radius 3 is 2.48 bits per heavy atom. The minimum absolute atomic E-state index is 0.0108. The molecule has 6 nitrogen and oxygen atoms in total. The second kappa shape index (κ2) is 9.09. The number of rotatable bonds is 8. The van der Waals surface area contributed by atoms with Crippen molar-refractivity contribution < 1.29 is 19.4 Å². The van der Waals surface area contributed by atoms with E-state index in [1.165, 1.54) is 0 Å². The molecule has 1 saturated heterocycles. The van der Waals surface area contributed by atoms with Gasteiger partial charge in [0.25, 0.3) is 5.91 Å². The number of aliphatic hydroxyl groups is 1. The maximum atomic E-state index is 12.6. The van der Waals surface area contributed by atoms with Crippen LogP contribution in [0.4, 0.5) is 4.79 Å². The Bertz CT molecular complexity index is 882. The lowest BCUT2D eigenvalue weighted by Crippen LogP contribution is -2.40. The number of carbonyl (C=O) groups is 2. The number of imide groups is 1. The predicted octanol–water partition coefficient (Wildman–Crippen LogP) is 2.90. The molecular formula is C23H28N2O4. The summed E-state index contributed by atoms with van der Waals surface area (Å²) >= 11 is 0. The van der Waals surface area contributed by atoms with Crippen LogP contribution in [0.1, 0.15) is 28.7 Å². The average Bonchev–Trinajstić information content (AvgIpc) is 2.97. The molecule has 0 aliphatic carbocycles.